The van der Waals surface area contributed by atoms with Crippen molar-refractivity contribution >= 4 is 0 Å². The molecular formula is C14H20N4. The van der Waals surface area contributed by atoms with E-state index in [-0.39, 0.29) is 6.04 Å². The van der Waals surface area contributed by atoms with Crippen LogP contribution in [0.2, 0.25) is 0 Å². The fraction of sp³-hybridized carbons (Fsp3) is 0.429. The second-order valence-corrected chi connectivity index (χ2v) is 4.50. The maximum atomic E-state index is 4.50. The van der Waals surface area contributed by atoms with E-state index in [1.54, 1.807) is 0 Å². The monoisotopic (exact) mass is 244 g/mol. The molecular weight excluding hydrogens is 224 g/mol. The average Bonchev–Trinajstić information content (AvgIpc) is 2.75. The molecule has 2 aromatic heterocycles. The summed E-state index contributed by atoms with van der Waals surface area (Å²) in [4.78, 5) is 4.50. The van der Waals surface area contributed by atoms with Crippen molar-refractivity contribution in [2.45, 2.75) is 26.3 Å². The van der Waals surface area contributed by atoms with Crippen LogP contribution in [0.3, 0.4) is 0 Å². The zero-order chi connectivity index (χ0) is 13.0. The Morgan fingerprint density at radius 2 is 2.22 bits per heavy atom. The number of nitrogens with one attached hydrogen (secondary N) is 1. The maximum absolute atomic E-state index is 4.50. The minimum atomic E-state index is 0.228. The maximum Gasteiger partial charge on any atom is 0.0644 e. The molecule has 0 spiro atoms. The van der Waals surface area contributed by atoms with Gasteiger partial charge in [-0.05, 0) is 31.2 Å². The standard InChI is InChI=1S/C14H20N4/c1-4-15-13(10-12-7-9-18(3)17-12)14-11(2)6-5-8-16-14/h5-9,13,15H,4,10H2,1-3H3. The number of aromatic nitrogens is 3. The minimum Gasteiger partial charge on any atom is -0.309 e. The van der Waals surface area contributed by atoms with Gasteiger partial charge in [0.2, 0.25) is 0 Å². The van der Waals surface area contributed by atoms with Crippen molar-refractivity contribution in [1.82, 2.24) is 20.1 Å². The summed E-state index contributed by atoms with van der Waals surface area (Å²) in [5.41, 5.74) is 3.43. The zero-order valence-electron chi connectivity index (χ0n) is 11.2. The van der Waals surface area contributed by atoms with Gasteiger partial charge in [-0.15, -0.1) is 0 Å². The average molecular weight is 244 g/mol. The van der Waals surface area contributed by atoms with E-state index >= 15 is 0 Å². The van der Waals surface area contributed by atoms with Crippen molar-refractivity contribution < 1.29 is 0 Å². The topological polar surface area (TPSA) is 42.7 Å². The highest BCUT2D eigenvalue weighted by Crippen LogP contribution is 2.18. The summed E-state index contributed by atoms with van der Waals surface area (Å²) in [5, 5.41) is 7.92. The van der Waals surface area contributed by atoms with Gasteiger partial charge in [0.25, 0.3) is 0 Å². The molecule has 18 heavy (non-hydrogen) atoms. The van der Waals surface area contributed by atoms with Crippen LogP contribution in [0.1, 0.15) is 29.9 Å². The van der Waals surface area contributed by atoms with E-state index in [2.05, 4.69) is 41.4 Å². The van der Waals surface area contributed by atoms with E-state index < -0.39 is 0 Å². The number of aryl methyl sites for hydroxylation is 2. The summed E-state index contributed by atoms with van der Waals surface area (Å²) in [6.45, 7) is 5.14. The van der Waals surface area contributed by atoms with Crippen LogP contribution in [-0.4, -0.2) is 21.3 Å². The molecule has 4 heteroatoms. The van der Waals surface area contributed by atoms with Crippen LogP contribution >= 0.6 is 0 Å². The van der Waals surface area contributed by atoms with Gasteiger partial charge in [0, 0.05) is 25.9 Å². The quantitative estimate of drug-likeness (QED) is 0.875. The van der Waals surface area contributed by atoms with E-state index in [9.17, 15) is 0 Å². The Morgan fingerprint density at radius 1 is 1.39 bits per heavy atom. The van der Waals surface area contributed by atoms with Gasteiger partial charge in [0.1, 0.15) is 0 Å². The van der Waals surface area contributed by atoms with E-state index in [0.29, 0.717) is 0 Å². The fourth-order valence-corrected chi connectivity index (χ4v) is 2.16. The number of hydrogen-bond acceptors (Lipinski definition) is 3. The van der Waals surface area contributed by atoms with Crippen molar-refractivity contribution in [1.29, 1.82) is 0 Å². The summed E-state index contributed by atoms with van der Waals surface area (Å²) in [6, 6.07) is 6.36. The Bertz CT molecular complexity index is 504. The molecule has 2 heterocycles. The predicted octanol–water partition coefficient (Wildman–Crippen LogP) is 2.02. The Hall–Kier alpha value is -1.68. The third-order valence-electron chi connectivity index (χ3n) is 3.01. The van der Waals surface area contributed by atoms with Crippen molar-refractivity contribution in [3.8, 4) is 0 Å². The van der Waals surface area contributed by atoms with Crippen LogP contribution in [0, 0.1) is 6.92 Å². The van der Waals surface area contributed by atoms with E-state index in [4.69, 9.17) is 0 Å². The first kappa shape index (κ1) is 12.8. The Morgan fingerprint density at radius 3 is 2.83 bits per heavy atom. The molecule has 0 saturated carbocycles. The number of nitrogens with zero attached hydrogens (tertiary/aromatic N) is 3. The van der Waals surface area contributed by atoms with Crippen LogP contribution < -0.4 is 5.32 Å². The minimum absolute atomic E-state index is 0.228. The lowest BCUT2D eigenvalue weighted by atomic mass is 10.0. The Balaban J connectivity index is 2.20. The van der Waals surface area contributed by atoms with Crippen LogP contribution in [0.25, 0.3) is 0 Å². The Labute approximate surface area is 108 Å². The van der Waals surface area contributed by atoms with Gasteiger partial charge in [0.15, 0.2) is 0 Å². The zero-order valence-corrected chi connectivity index (χ0v) is 11.2. The normalized spacial score (nSPS) is 12.6. The molecule has 0 radical (unpaired) electrons. The van der Waals surface area contributed by atoms with Gasteiger partial charge in [-0.3, -0.25) is 9.67 Å². The number of rotatable bonds is 5. The van der Waals surface area contributed by atoms with Crippen molar-refractivity contribution in [3.05, 3.63) is 47.5 Å². The molecule has 1 atom stereocenters. The molecule has 0 aliphatic carbocycles. The first-order chi connectivity index (χ1) is 8.70. The second kappa shape index (κ2) is 5.78. The smallest absolute Gasteiger partial charge is 0.0644 e. The van der Waals surface area contributed by atoms with Crippen LogP contribution in [0.15, 0.2) is 30.6 Å². The van der Waals surface area contributed by atoms with Crippen molar-refractivity contribution in [3.63, 3.8) is 0 Å². The molecule has 1 unspecified atom stereocenters. The van der Waals surface area contributed by atoms with Gasteiger partial charge >= 0.3 is 0 Å². The fourth-order valence-electron chi connectivity index (χ4n) is 2.16. The van der Waals surface area contributed by atoms with Crippen molar-refractivity contribution in [2.24, 2.45) is 7.05 Å². The lowest BCUT2D eigenvalue weighted by molar-refractivity contribution is 0.525. The highest BCUT2D eigenvalue weighted by molar-refractivity contribution is 5.22. The summed E-state index contributed by atoms with van der Waals surface area (Å²) >= 11 is 0. The third-order valence-corrected chi connectivity index (χ3v) is 3.01. The highest BCUT2D eigenvalue weighted by Gasteiger charge is 2.15. The van der Waals surface area contributed by atoms with Crippen LogP contribution in [0.5, 0.6) is 0 Å². The highest BCUT2D eigenvalue weighted by atomic mass is 15.2. The molecule has 2 rings (SSSR count). The first-order valence-electron chi connectivity index (χ1n) is 6.34. The van der Waals surface area contributed by atoms with E-state index in [1.807, 2.05) is 30.2 Å². The molecule has 0 amide bonds. The number of pyridine rings is 1. The summed E-state index contributed by atoms with van der Waals surface area (Å²) in [6.07, 6.45) is 4.70. The first-order valence-corrected chi connectivity index (χ1v) is 6.34. The predicted molar refractivity (Wildman–Crippen MR) is 72.3 cm³/mol. The van der Waals surface area contributed by atoms with Gasteiger partial charge in [-0.1, -0.05) is 13.0 Å². The molecule has 2 aromatic rings. The summed E-state index contributed by atoms with van der Waals surface area (Å²) in [5.74, 6) is 0. The molecule has 0 aliphatic rings. The van der Waals surface area contributed by atoms with Gasteiger partial charge in [-0.2, -0.15) is 5.10 Å². The molecule has 0 aliphatic heterocycles. The Kier molecular flexibility index (Phi) is 4.10. The SMILES string of the molecule is CCNC(Cc1ccn(C)n1)c1ncccc1C. The molecule has 0 aromatic carbocycles. The molecule has 0 bridgehead atoms. The van der Waals surface area contributed by atoms with E-state index in [0.717, 1.165) is 24.4 Å². The number of hydrogen-bond donors (Lipinski definition) is 1. The van der Waals surface area contributed by atoms with Gasteiger partial charge in [-0.25, -0.2) is 0 Å². The molecule has 0 saturated heterocycles. The molecule has 96 valence electrons. The third kappa shape index (κ3) is 2.96. The summed E-state index contributed by atoms with van der Waals surface area (Å²) < 4.78 is 1.84. The summed E-state index contributed by atoms with van der Waals surface area (Å²) in [7, 11) is 1.94. The molecule has 0 fully saturated rings. The van der Waals surface area contributed by atoms with Gasteiger partial charge in [0.05, 0.1) is 17.4 Å². The lowest BCUT2D eigenvalue weighted by Gasteiger charge is -2.18. The largest absolute Gasteiger partial charge is 0.309 e. The van der Waals surface area contributed by atoms with E-state index in [1.165, 1.54) is 5.56 Å². The molecule has 4 nitrogen and oxygen atoms in total. The van der Waals surface area contributed by atoms with Gasteiger partial charge < -0.3 is 5.32 Å². The van der Waals surface area contributed by atoms with Crippen LogP contribution in [0.4, 0.5) is 0 Å². The second-order valence-electron chi connectivity index (χ2n) is 4.50. The molecule has 1 N–H and O–H groups in total. The number of likely N-dealkylation sites (N-methyl/N-ethyl adjacent to an activating group) is 1. The van der Waals surface area contributed by atoms with Crippen molar-refractivity contribution in [2.75, 3.05) is 6.54 Å². The van der Waals surface area contributed by atoms with Crippen LogP contribution in [-0.2, 0) is 13.5 Å². The lowest BCUT2D eigenvalue weighted by Crippen LogP contribution is -2.25.